The van der Waals surface area contributed by atoms with Gasteiger partial charge in [0, 0.05) is 17.9 Å². The Morgan fingerprint density at radius 2 is 1.27 bits per heavy atom. The van der Waals surface area contributed by atoms with E-state index in [1.54, 1.807) is 30.3 Å². The predicted octanol–water partition coefficient (Wildman–Crippen LogP) is 7.98. The van der Waals surface area contributed by atoms with Gasteiger partial charge < -0.3 is 10.0 Å². The number of rotatable bonds is 6. The summed E-state index contributed by atoms with van der Waals surface area (Å²) >= 11 is 0. The van der Waals surface area contributed by atoms with Crippen molar-refractivity contribution in [2.45, 2.75) is 12.8 Å². The minimum Gasteiger partial charge on any atom is -0.476 e. The summed E-state index contributed by atoms with van der Waals surface area (Å²) in [6, 6.07) is 42.4. The van der Waals surface area contributed by atoms with Crippen molar-refractivity contribution in [1.29, 1.82) is 0 Å². The van der Waals surface area contributed by atoms with Crippen LogP contribution < -0.4 is 9.91 Å². The number of aryl methyl sites for hydroxylation is 1. The van der Waals surface area contributed by atoms with Crippen molar-refractivity contribution in [1.82, 2.24) is 0 Å². The number of amides is 1. The average Bonchev–Trinajstić information content (AvgIpc) is 3.41. The van der Waals surface area contributed by atoms with Gasteiger partial charge >= 0.3 is 5.97 Å². The molecule has 0 aromatic heterocycles. The number of carbonyl (C=O) groups excluding carboxylic acids is 1. The second-order valence-electron chi connectivity index (χ2n) is 10.9. The lowest BCUT2D eigenvalue weighted by Crippen LogP contribution is -2.24. The molecule has 0 bridgehead atoms. The van der Waals surface area contributed by atoms with Crippen molar-refractivity contribution in [2.75, 3.05) is 16.5 Å². The lowest BCUT2D eigenvalue weighted by atomic mass is 9.94. The minimum absolute atomic E-state index is 0.0513. The van der Waals surface area contributed by atoms with Crippen LogP contribution >= 0.6 is 0 Å². The van der Waals surface area contributed by atoms with E-state index in [1.807, 2.05) is 30.3 Å². The number of fused-ring (bicyclic) bond motifs is 1. The van der Waals surface area contributed by atoms with Gasteiger partial charge in [0.2, 0.25) is 0 Å². The van der Waals surface area contributed by atoms with Crippen molar-refractivity contribution in [2.24, 2.45) is 5.10 Å². The average molecular weight is 576 g/mol. The van der Waals surface area contributed by atoms with E-state index in [0.29, 0.717) is 5.69 Å². The number of carboxylic acid groups (broad SMARTS) is 1. The molecule has 0 spiro atoms. The molecule has 2 aliphatic heterocycles. The fourth-order valence-electron chi connectivity index (χ4n) is 5.89. The Morgan fingerprint density at radius 1 is 0.705 bits per heavy atom. The van der Waals surface area contributed by atoms with E-state index in [4.69, 9.17) is 0 Å². The van der Waals surface area contributed by atoms with Crippen LogP contribution in [-0.4, -0.2) is 29.2 Å². The first kappa shape index (κ1) is 27.1. The summed E-state index contributed by atoms with van der Waals surface area (Å²) in [7, 11) is 0. The maximum atomic E-state index is 13.1. The van der Waals surface area contributed by atoms with Crippen LogP contribution in [-0.2, 0) is 16.0 Å². The van der Waals surface area contributed by atoms with E-state index in [1.165, 1.54) is 22.5 Å². The highest BCUT2D eigenvalue weighted by molar-refractivity contribution is 6.53. The summed E-state index contributed by atoms with van der Waals surface area (Å²) in [6.45, 7) is 1.03. The van der Waals surface area contributed by atoms with Gasteiger partial charge in [-0.15, -0.1) is 0 Å². The quantitative estimate of drug-likeness (QED) is 0.208. The van der Waals surface area contributed by atoms with Gasteiger partial charge in [-0.05, 0) is 88.7 Å². The van der Waals surface area contributed by atoms with Gasteiger partial charge in [-0.3, -0.25) is 4.79 Å². The molecule has 0 aliphatic carbocycles. The minimum atomic E-state index is -1.24. The fourth-order valence-corrected chi connectivity index (χ4v) is 5.89. The predicted molar refractivity (Wildman–Crippen MR) is 176 cm³/mol. The molecule has 0 atom stereocenters. The number of hydrogen-bond donors (Lipinski definition) is 1. The SMILES string of the molecule is O=C(O)C1=NN(c2ccccc2)C(=O)C1=Cc1ccc(-c2ccc(-c3ccc4c(c3)CCCN4c3ccccc3)cc2)cc1. The van der Waals surface area contributed by atoms with Crippen molar-refractivity contribution in [3.8, 4) is 22.3 Å². The molecule has 0 saturated carbocycles. The number of benzene rings is 5. The van der Waals surface area contributed by atoms with Crippen LogP contribution in [0.1, 0.15) is 17.5 Å². The Bertz CT molecular complexity index is 1910. The van der Waals surface area contributed by atoms with Crippen LogP contribution in [0, 0.1) is 0 Å². The standard InChI is InChI=1S/C38H29N3O3/c42-37-34(36(38(43)44)39-41(37)33-11-5-2-6-12-33)24-26-13-15-27(16-14-26)28-17-19-29(20-18-28)30-21-22-35-31(25-30)8-7-23-40(35)32-9-3-1-4-10-32/h1-6,9-22,24-25H,7-8,23H2,(H,43,44). The first-order valence-electron chi connectivity index (χ1n) is 14.6. The van der Waals surface area contributed by atoms with Crippen LogP contribution in [0.5, 0.6) is 0 Å². The lowest BCUT2D eigenvalue weighted by molar-refractivity contribution is -0.129. The van der Waals surface area contributed by atoms with Crippen LogP contribution in [0.4, 0.5) is 17.1 Å². The van der Waals surface area contributed by atoms with Gasteiger partial charge in [0.1, 0.15) is 0 Å². The highest BCUT2D eigenvalue weighted by atomic mass is 16.4. The Kier molecular flexibility index (Phi) is 7.08. The normalized spacial score (nSPS) is 15.3. The van der Waals surface area contributed by atoms with Crippen molar-refractivity contribution in [3.63, 3.8) is 0 Å². The molecular weight excluding hydrogens is 546 g/mol. The van der Waals surface area contributed by atoms with E-state index in [9.17, 15) is 14.7 Å². The number of hydrazone groups is 1. The Hall–Kier alpha value is -5.75. The molecule has 2 heterocycles. The summed E-state index contributed by atoms with van der Waals surface area (Å²) in [5.74, 6) is -1.71. The molecule has 2 aliphatic rings. The molecule has 6 nitrogen and oxygen atoms in total. The number of nitrogens with zero attached hydrogens (tertiary/aromatic N) is 3. The third-order valence-corrected chi connectivity index (χ3v) is 8.12. The van der Waals surface area contributed by atoms with Gasteiger partial charge in [0.05, 0.1) is 11.3 Å². The fraction of sp³-hybridized carbons (Fsp3) is 0.0789. The van der Waals surface area contributed by atoms with Crippen molar-refractivity contribution < 1.29 is 14.7 Å². The van der Waals surface area contributed by atoms with Crippen LogP contribution in [0.25, 0.3) is 28.3 Å². The van der Waals surface area contributed by atoms with E-state index in [2.05, 4.69) is 82.8 Å². The third kappa shape index (κ3) is 5.18. The monoisotopic (exact) mass is 575 g/mol. The molecule has 1 amide bonds. The molecule has 6 heteroatoms. The Morgan fingerprint density at radius 3 is 1.91 bits per heavy atom. The Balaban J connectivity index is 1.10. The third-order valence-electron chi connectivity index (χ3n) is 8.12. The number of para-hydroxylation sites is 2. The second-order valence-corrected chi connectivity index (χ2v) is 10.9. The molecule has 5 aromatic carbocycles. The summed E-state index contributed by atoms with van der Waals surface area (Å²) in [4.78, 5) is 27.4. The summed E-state index contributed by atoms with van der Waals surface area (Å²) in [5, 5.41) is 14.9. The molecule has 214 valence electrons. The molecule has 7 rings (SSSR count). The first-order valence-corrected chi connectivity index (χ1v) is 14.6. The molecule has 0 radical (unpaired) electrons. The molecule has 0 unspecified atom stereocenters. The first-order chi connectivity index (χ1) is 21.5. The van der Waals surface area contributed by atoms with Crippen LogP contribution in [0.2, 0.25) is 0 Å². The van der Waals surface area contributed by atoms with Gasteiger partial charge in [0.15, 0.2) is 5.71 Å². The van der Waals surface area contributed by atoms with E-state index < -0.39 is 11.9 Å². The highest BCUT2D eigenvalue weighted by Crippen LogP contribution is 2.36. The highest BCUT2D eigenvalue weighted by Gasteiger charge is 2.35. The maximum Gasteiger partial charge on any atom is 0.357 e. The number of hydrogen-bond acceptors (Lipinski definition) is 4. The molecule has 44 heavy (non-hydrogen) atoms. The number of anilines is 3. The molecule has 5 aromatic rings. The topological polar surface area (TPSA) is 73.2 Å². The van der Waals surface area contributed by atoms with E-state index in [0.717, 1.165) is 46.6 Å². The lowest BCUT2D eigenvalue weighted by Gasteiger charge is -2.31. The van der Waals surface area contributed by atoms with Crippen LogP contribution in [0.15, 0.2) is 138 Å². The molecule has 0 saturated heterocycles. The second kappa shape index (κ2) is 11.5. The number of carbonyl (C=O) groups is 2. The number of carboxylic acids is 1. The molecule has 1 N–H and O–H groups in total. The van der Waals surface area contributed by atoms with Gasteiger partial charge in [0.25, 0.3) is 5.91 Å². The molecule has 0 fully saturated rings. The van der Waals surface area contributed by atoms with E-state index >= 15 is 0 Å². The van der Waals surface area contributed by atoms with Gasteiger partial charge in [-0.1, -0.05) is 91.0 Å². The van der Waals surface area contributed by atoms with Crippen LogP contribution in [0.3, 0.4) is 0 Å². The smallest absolute Gasteiger partial charge is 0.357 e. The Labute approximate surface area is 255 Å². The zero-order chi connectivity index (χ0) is 30.0. The summed E-state index contributed by atoms with van der Waals surface area (Å²) in [5.41, 5.74) is 9.36. The zero-order valence-electron chi connectivity index (χ0n) is 23.9. The number of aliphatic carboxylic acids is 1. The zero-order valence-corrected chi connectivity index (χ0v) is 23.9. The van der Waals surface area contributed by atoms with Crippen molar-refractivity contribution in [3.05, 3.63) is 144 Å². The summed E-state index contributed by atoms with van der Waals surface area (Å²) in [6.07, 6.45) is 3.78. The van der Waals surface area contributed by atoms with Crippen molar-refractivity contribution >= 4 is 40.7 Å². The largest absolute Gasteiger partial charge is 0.476 e. The summed E-state index contributed by atoms with van der Waals surface area (Å²) < 4.78 is 0. The maximum absolute atomic E-state index is 13.1. The molecular formula is C38H29N3O3. The van der Waals surface area contributed by atoms with Gasteiger partial charge in [-0.25, -0.2) is 4.79 Å². The van der Waals surface area contributed by atoms with E-state index in [-0.39, 0.29) is 11.3 Å². The van der Waals surface area contributed by atoms with Gasteiger partial charge in [-0.2, -0.15) is 10.1 Å².